The summed E-state index contributed by atoms with van der Waals surface area (Å²) in [6.07, 6.45) is 0. The van der Waals surface area contributed by atoms with Gasteiger partial charge in [-0.15, -0.1) is 0 Å². The zero-order chi connectivity index (χ0) is 12.7. The van der Waals surface area contributed by atoms with Gasteiger partial charge >= 0.3 is 0 Å². The maximum Gasteiger partial charge on any atom is 0.163 e. The Morgan fingerprint density at radius 3 is 2.44 bits per heavy atom. The van der Waals surface area contributed by atoms with E-state index in [2.05, 4.69) is 46.5 Å². The van der Waals surface area contributed by atoms with E-state index in [0.717, 1.165) is 21.7 Å². The van der Waals surface area contributed by atoms with Gasteiger partial charge in [-0.3, -0.25) is 0 Å². The molecule has 3 rings (SSSR count). The van der Waals surface area contributed by atoms with E-state index in [-0.39, 0.29) is 0 Å². The fourth-order valence-corrected chi connectivity index (χ4v) is 2.80. The number of hydrogen-bond donors (Lipinski definition) is 0. The topological polar surface area (TPSA) is 23.4 Å². The summed E-state index contributed by atoms with van der Waals surface area (Å²) in [5.74, 6) is 1.65. The van der Waals surface area contributed by atoms with E-state index >= 15 is 0 Å². The van der Waals surface area contributed by atoms with Crippen molar-refractivity contribution in [1.29, 1.82) is 0 Å². The second-order valence-corrected chi connectivity index (χ2v) is 5.24. The number of aromatic nitrogens is 1. The first-order valence-corrected chi connectivity index (χ1v) is 6.70. The van der Waals surface area contributed by atoms with Crippen LogP contribution in [0.4, 0.5) is 0 Å². The third-order valence-corrected chi connectivity index (χ3v) is 3.96. The molecule has 0 amide bonds. The van der Waals surface area contributed by atoms with Crippen molar-refractivity contribution in [3.63, 3.8) is 0 Å². The van der Waals surface area contributed by atoms with E-state index < -0.39 is 0 Å². The fourth-order valence-electron chi connectivity index (χ4n) is 2.29. The third-order valence-electron chi connectivity index (χ3n) is 3.15. The van der Waals surface area contributed by atoms with Crippen LogP contribution in [0.25, 0.3) is 5.69 Å². The van der Waals surface area contributed by atoms with Gasteiger partial charge in [0, 0.05) is 27.6 Å². The number of nitrogens with zero attached hydrogens (tertiary/aromatic N) is 1. The summed E-state index contributed by atoms with van der Waals surface area (Å²) in [6, 6.07) is 8.17. The van der Waals surface area contributed by atoms with Gasteiger partial charge < -0.3 is 14.0 Å². The summed E-state index contributed by atoms with van der Waals surface area (Å²) in [4.78, 5) is 0. The molecule has 2 aromatic rings. The summed E-state index contributed by atoms with van der Waals surface area (Å²) in [5, 5.41) is 0. The second-order valence-electron chi connectivity index (χ2n) is 4.38. The zero-order valence-electron chi connectivity index (χ0n) is 10.4. The van der Waals surface area contributed by atoms with Crippen LogP contribution < -0.4 is 9.47 Å². The Morgan fingerprint density at radius 1 is 1.06 bits per heavy atom. The largest absolute Gasteiger partial charge is 0.486 e. The van der Waals surface area contributed by atoms with E-state index in [1.165, 1.54) is 11.4 Å². The predicted octanol–water partition coefficient (Wildman–Crippen LogP) is 3.63. The molecule has 18 heavy (non-hydrogen) atoms. The van der Waals surface area contributed by atoms with Gasteiger partial charge in [-0.25, -0.2) is 0 Å². The van der Waals surface area contributed by atoms with Gasteiger partial charge in [-0.1, -0.05) is 0 Å². The molecule has 1 aliphatic heterocycles. The Balaban J connectivity index is 2.12. The van der Waals surface area contributed by atoms with E-state index in [4.69, 9.17) is 9.47 Å². The van der Waals surface area contributed by atoms with E-state index in [1.54, 1.807) is 0 Å². The van der Waals surface area contributed by atoms with Gasteiger partial charge in [0.25, 0.3) is 0 Å². The van der Waals surface area contributed by atoms with Crippen molar-refractivity contribution in [3.8, 4) is 17.2 Å². The van der Waals surface area contributed by atoms with Crippen LogP contribution in [0.2, 0.25) is 0 Å². The summed E-state index contributed by atoms with van der Waals surface area (Å²) in [6.45, 7) is 5.42. The van der Waals surface area contributed by atoms with Crippen molar-refractivity contribution < 1.29 is 9.47 Å². The van der Waals surface area contributed by atoms with Crippen LogP contribution in [0.15, 0.2) is 28.7 Å². The lowest BCUT2D eigenvalue weighted by molar-refractivity contribution is 0.171. The molecule has 0 radical (unpaired) electrons. The number of ether oxygens (including phenoxy) is 2. The number of aryl methyl sites for hydroxylation is 1. The van der Waals surface area contributed by atoms with Gasteiger partial charge in [0.05, 0.1) is 0 Å². The van der Waals surface area contributed by atoms with Gasteiger partial charge in [0.15, 0.2) is 11.5 Å². The minimum Gasteiger partial charge on any atom is -0.486 e. The Hall–Kier alpha value is -1.42. The summed E-state index contributed by atoms with van der Waals surface area (Å²) >= 11 is 3.56. The Morgan fingerprint density at radius 2 is 1.78 bits per heavy atom. The lowest BCUT2D eigenvalue weighted by atomic mass is 10.2. The zero-order valence-corrected chi connectivity index (χ0v) is 12.0. The van der Waals surface area contributed by atoms with Crippen LogP contribution in [-0.2, 0) is 0 Å². The second kappa shape index (κ2) is 4.35. The van der Waals surface area contributed by atoms with Crippen molar-refractivity contribution in [2.24, 2.45) is 0 Å². The molecule has 1 aromatic carbocycles. The molecule has 0 atom stereocenters. The highest BCUT2D eigenvalue weighted by Gasteiger charge is 2.14. The van der Waals surface area contributed by atoms with Crippen molar-refractivity contribution in [1.82, 2.24) is 4.57 Å². The molecule has 0 bridgehead atoms. The van der Waals surface area contributed by atoms with Crippen LogP contribution in [-0.4, -0.2) is 17.8 Å². The van der Waals surface area contributed by atoms with Crippen molar-refractivity contribution in [2.75, 3.05) is 13.2 Å². The van der Waals surface area contributed by atoms with Crippen molar-refractivity contribution in [3.05, 3.63) is 40.1 Å². The van der Waals surface area contributed by atoms with Gasteiger partial charge in [0.1, 0.15) is 13.2 Å². The Kier molecular flexibility index (Phi) is 2.82. The van der Waals surface area contributed by atoms with Crippen LogP contribution >= 0.6 is 15.9 Å². The van der Waals surface area contributed by atoms with Crippen LogP contribution in [0.5, 0.6) is 11.5 Å². The quantitative estimate of drug-likeness (QED) is 0.803. The van der Waals surface area contributed by atoms with Crippen LogP contribution in [0.1, 0.15) is 11.4 Å². The molecule has 0 saturated heterocycles. The molecule has 3 nitrogen and oxygen atoms in total. The molecule has 4 heteroatoms. The lowest BCUT2D eigenvalue weighted by Crippen LogP contribution is -2.15. The highest BCUT2D eigenvalue weighted by Crippen LogP contribution is 2.34. The first-order chi connectivity index (χ1) is 8.66. The molecule has 0 spiro atoms. The molecular formula is C14H14BrNO2. The smallest absolute Gasteiger partial charge is 0.163 e. The van der Waals surface area contributed by atoms with E-state index in [0.29, 0.717) is 13.2 Å². The molecule has 0 fully saturated rings. The van der Waals surface area contributed by atoms with Gasteiger partial charge in [0.2, 0.25) is 0 Å². The summed E-state index contributed by atoms with van der Waals surface area (Å²) in [7, 11) is 0. The van der Waals surface area contributed by atoms with E-state index in [9.17, 15) is 0 Å². The molecule has 0 unspecified atom stereocenters. The minimum absolute atomic E-state index is 0.615. The average molecular weight is 308 g/mol. The monoisotopic (exact) mass is 307 g/mol. The number of hydrogen-bond acceptors (Lipinski definition) is 2. The molecule has 1 aromatic heterocycles. The molecule has 2 heterocycles. The molecule has 94 valence electrons. The standard InChI is InChI=1S/C14H14BrNO2/c1-9-7-12(15)10(2)16(9)11-3-4-13-14(8-11)18-6-5-17-13/h3-4,7-8H,5-6H2,1-2H3. The van der Waals surface area contributed by atoms with Crippen LogP contribution in [0, 0.1) is 13.8 Å². The van der Waals surface area contributed by atoms with Crippen molar-refractivity contribution in [2.45, 2.75) is 13.8 Å². The molecule has 0 N–H and O–H groups in total. The molecule has 1 aliphatic rings. The number of halogens is 1. The van der Waals surface area contributed by atoms with Gasteiger partial charge in [-0.2, -0.15) is 0 Å². The number of fused-ring (bicyclic) bond motifs is 1. The SMILES string of the molecule is Cc1cc(Br)c(C)n1-c1ccc2c(c1)OCCO2. The van der Waals surface area contributed by atoms with Gasteiger partial charge in [-0.05, 0) is 48.0 Å². The normalized spacial score (nSPS) is 13.7. The lowest BCUT2D eigenvalue weighted by Gasteiger charge is -2.20. The maximum atomic E-state index is 5.62. The van der Waals surface area contributed by atoms with E-state index in [1.807, 2.05) is 12.1 Å². The average Bonchev–Trinajstić information content (AvgIpc) is 2.63. The molecule has 0 saturated carbocycles. The highest BCUT2D eigenvalue weighted by molar-refractivity contribution is 9.10. The highest BCUT2D eigenvalue weighted by atomic mass is 79.9. The maximum absolute atomic E-state index is 5.62. The first kappa shape index (κ1) is 11.7. The summed E-state index contributed by atoms with van der Waals surface area (Å²) < 4.78 is 14.5. The summed E-state index contributed by atoms with van der Waals surface area (Å²) in [5.41, 5.74) is 3.47. The Labute approximate surface area is 114 Å². The minimum atomic E-state index is 0.615. The number of benzene rings is 1. The molecular weight excluding hydrogens is 294 g/mol. The fraction of sp³-hybridized carbons (Fsp3) is 0.286. The van der Waals surface area contributed by atoms with Crippen molar-refractivity contribution >= 4 is 15.9 Å². The first-order valence-electron chi connectivity index (χ1n) is 5.91. The third kappa shape index (κ3) is 1.81. The molecule has 0 aliphatic carbocycles. The Bertz CT molecular complexity index is 604. The predicted molar refractivity (Wildman–Crippen MR) is 73.9 cm³/mol. The number of rotatable bonds is 1. The van der Waals surface area contributed by atoms with Crippen LogP contribution in [0.3, 0.4) is 0 Å².